The quantitative estimate of drug-likeness (QED) is 0.628. The molecule has 0 radical (unpaired) electrons. The van der Waals surface area contributed by atoms with Crippen LogP contribution in [0.15, 0.2) is 0 Å². The fraction of sp³-hybridized carbons (Fsp3) is 0.429. The summed E-state index contributed by atoms with van der Waals surface area (Å²) in [6.07, 6.45) is 0.828. The summed E-state index contributed by atoms with van der Waals surface area (Å²) in [5.41, 5.74) is 6.61. The van der Waals surface area contributed by atoms with Crippen molar-refractivity contribution in [1.82, 2.24) is 9.97 Å². The zero-order valence-corrected chi connectivity index (χ0v) is 7.46. The summed E-state index contributed by atoms with van der Waals surface area (Å²) in [6, 6.07) is 0. The number of anilines is 1. The molecule has 60 valence electrons. The molecule has 0 amide bonds. The van der Waals surface area contributed by atoms with Crippen molar-refractivity contribution in [2.24, 2.45) is 0 Å². The van der Waals surface area contributed by atoms with E-state index in [-0.39, 0.29) is 0 Å². The van der Waals surface area contributed by atoms with E-state index in [1.807, 2.05) is 13.8 Å². The van der Waals surface area contributed by atoms with Gasteiger partial charge in [0.2, 0.25) is 0 Å². The minimum absolute atomic E-state index is 0.612. The van der Waals surface area contributed by atoms with Gasteiger partial charge in [-0.05, 0) is 13.3 Å². The fourth-order valence-electron chi connectivity index (χ4n) is 0.975. The minimum Gasteiger partial charge on any atom is -0.385 e. The van der Waals surface area contributed by atoms with E-state index in [0.29, 0.717) is 10.5 Å². The zero-order chi connectivity index (χ0) is 8.43. The molecule has 0 fully saturated rings. The summed E-state index contributed by atoms with van der Waals surface area (Å²) in [4.78, 5) is 7.02. The average molecular weight is 169 g/mol. The van der Waals surface area contributed by atoms with Crippen LogP contribution in [0.5, 0.6) is 0 Å². The second-order valence-corrected chi connectivity index (χ2v) is 2.76. The maximum atomic E-state index is 5.67. The van der Waals surface area contributed by atoms with Crippen molar-refractivity contribution in [3.8, 4) is 0 Å². The lowest BCUT2D eigenvalue weighted by Crippen LogP contribution is -2.01. The number of nitrogens with one attached hydrogen (secondary N) is 1. The first-order valence-electron chi connectivity index (χ1n) is 3.50. The van der Waals surface area contributed by atoms with Crippen LogP contribution < -0.4 is 5.73 Å². The number of H-pyrrole nitrogens is 1. The Morgan fingerprint density at radius 3 is 2.73 bits per heavy atom. The first kappa shape index (κ1) is 8.20. The number of nitrogens with zero attached hydrogens (tertiary/aromatic N) is 1. The molecule has 1 rings (SSSR count). The highest BCUT2D eigenvalue weighted by atomic mass is 32.1. The van der Waals surface area contributed by atoms with Crippen LogP contribution in [-0.4, -0.2) is 9.97 Å². The first-order valence-corrected chi connectivity index (χ1v) is 3.91. The third-order valence-corrected chi connectivity index (χ3v) is 1.86. The Morgan fingerprint density at radius 1 is 1.64 bits per heavy atom. The standard InChI is InChI=1S/C7H11N3S/c1-3-5-6(8)9-4(2)10-7(5)11/h3H2,1-2H3,(H3,8,9,10,11). The molecule has 1 heterocycles. The van der Waals surface area contributed by atoms with Crippen LogP contribution in [0.4, 0.5) is 5.82 Å². The van der Waals surface area contributed by atoms with Crippen molar-refractivity contribution in [2.45, 2.75) is 20.3 Å². The van der Waals surface area contributed by atoms with Crippen LogP contribution >= 0.6 is 12.2 Å². The van der Waals surface area contributed by atoms with E-state index in [1.165, 1.54) is 0 Å². The molecule has 0 unspecified atom stereocenters. The first-order chi connectivity index (χ1) is 5.15. The molecule has 3 nitrogen and oxygen atoms in total. The largest absolute Gasteiger partial charge is 0.385 e. The molecule has 4 heteroatoms. The van der Waals surface area contributed by atoms with Gasteiger partial charge in [0.15, 0.2) is 0 Å². The Labute approximate surface area is 70.7 Å². The van der Waals surface area contributed by atoms with E-state index >= 15 is 0 Å². The van der Waals surface area contributed by atoms with E-state index < -0.39 is 0 Å². The van der Waals surface area contributed by atoms with Gasteiger partial charge in [-0.15, -0.1) is 0 Å². The molecule has 0 saturated heterocycles. The molecular weight excluding hydrogens is 158 g/mol. The van der Waals surface area contributed by atoms with Crippen LogP contribution in [-0.2, 0) is 6.42 Å². The Hall–Kier alpha value is -0.900. The number of aromatic amines is 1. The second-order valence-electron chi connectivity index (χ2n) is 2.37. The molecule has 0 bridgehead atoms. The van der Waals surface area contributed by atoms with Gasteiger partial charge in [-0.1, -0.05) is 19.1 Å². The number of nitrogens with two attached hydrogens (primary N) is 1. The third kappa shape index (κ3) is 1.57. The van der Waals surface area contributed by atoms with Gasteiger partial charge < -0.3 is 10.7 Å². The van der Waals surface area contributed by atoms with Crippen molar-refractivity contribution >= 4 is 18.0 Å². The summed E-state index contributed by atoms with van der Waals surface area (Å²) in [6.45, 7) is 3.85. The van der Waals surface area contributed by atoms with Crippen LogP contribution in [0.2, 0.25) is 0 Å². The molecule has 0 aliphatic heterocycles. The van der Waals surface area contributed by atoms with Crippen LogP contribution in [0.25, 0.3) is 0 Å². The van der Waals surface area contributed by atoms with Crippen LogP contribution in [0, 0.1) is 11.6 Å². The van der Waals surface area contributed by atoms with E-state index in [1.54, 1.807) is 0 Å². The van der Waals surface area contributed by atoms with Gasteiger partial charge in [0.1, 0.15) is 16.3 Å². The van der Waals surface area contributed by atoms with Crippen molar-refractivity contribution in [3.63, 3.8) is 0 Å². The summed E-state index contributed by atoms with van der Waals surface area (Å²) in [5, 5.41) is 0. The highest BCUT2D eigenvalue weighted by Crippen LogP contribution is 2.09. The van der Waals surface area contributed by atoms with Crippen LogP contribution in [0.3, 0.4) is 0 Å². The third-order valence-electron chi connectivity index (χ3n) is 1.52. The summed E-state index contributed by atoms with van der Waals surface area (Å²) < 4.78 is 0.612. The van der Waals surface area contributed by atoms with Gasteiger partial charge in [-0.3, -0.25) is 0 Å². The maximum absolute atomic E-state index is 5.67. The lowest BCUT2D eigenvalue weighted by atomic mass is 10.2. The molecular formula is C7H11N3S. The fourth-order valence-corrected chi connectivity index (χ4v) is 1.37. The van der Waals surface area contributed by atoms with E-state index in [0.717, 1.165) is 17.8 Å². The number of rotatable bonds is 1. The zero-order valence-electron chi connectivity index (χ0n) is 6.64. The summed E-state index contributed by atoms with van der Waals surface area (Å²) >= 11 is 5.02. The normalized spacial score (nSPS) is 10.0. The van der Waals surface area contributed by atoms with Crippen molar-refractivity contribution < 1.29 is 0 Å². The molecule has 0 atom stereocenters. The predicted octanol–water partition coefficient (Wildman–Crippen LogP) is 1.59. The number of hydrogen-bond donors (Lipinski definition) is 2. The molecule has 0 aliphatic carbocycles. The number of aryl methyl sites for hydroxylation is 1. The molecule has 1 aromatic heterocycles. The Bertz CT molecular complexity index is 316. The smallest absolute Gasteiger partial charge is 0.135 e. The van der Waals surface area contributed by atoms with Crippen molar-refractivity contribution in [2.75, 3.05) is 5.73 Å². The van der Waals surface area contributed by atoms with Gasteiger partial charge in [0.25, 0.3) is 0 Å². The molecule has 11 heavy (non-hydrogen) atoms. The van der Waals surface area contributed by atoms with Gasteiger partial charge in [0.05, 0.1) is 0 Å². The molecule has 0 spiro atoms. The van der Waals surface area contributed by atoms with Gasteiger partial charge in [0, 0.05) is 5.56 Å². The van der Waals surface area contributed by atoms with Gasteiger partial charge in [-0.2, -0.15) is 0 Å². The predicted molar refractivity (Wildman–Crippen MR) is 47.9 cm³/mol. The van der Waals surface area contributed by atoms with Crippen LogP contribution in [0.1, 0.15) is 18.3 Å². The Morgan fingerprint density at radius 2 is 2.27 bits per heavy atom. The topological polar surface area (TPSA) is 54.7 Å². The molecule has 3 N–H and O–H groups in total. The van der Waals surface area contributed by atoms with Crippen molar-refractivity contribution in [3.05, 3.63) is 16.0 Å². The minimum atomic E-state index is 0.612. The second kappa shape index (κ2) is 3.00. The van der Waals surface area contributed by atoms with E-state index in [9.17, 15) is 0 Å². The molecule has 0 aliphatic rings. The number of hydrogen-bond acceptors (Lipinski definition) is 3. The number of nitrogen functional groups attached to an aromatic ring is 1. The highest BCUT2D eigenvalue weighted by Gasteiger charge is 2.00. The average Bonchev–Trinajstić information content (AvgIpc) is 1.85. The highest BCUT2D eigenvalue weighted by molar-refractivity contribution is 7.71. The summed E-state index contributed by atoms with van der Waals surface area (Å²) in [5.74, 6) is 1.41. The lowest BCUT2D eigenvalue weighted by Gasteiger charge is -2.02. The van der Waals surface area contributed by atoms with Crippen molar-refractivity contribution in [1.29, 1.82) is 0 Å². The monoisotopic (exact) mass is 169 g/mol. The summed E-state index contributed by atoms with van der Waals surface area (Å²) in [7, 11) is 0. The SMILES string of the molecule is CCc1c(N)[nH]c(C)nc1=S. The van der Waals surface area contributed by atoms with E-state index in [2.05, 4.69) is 9.97 Å². The molecule has 0 aromatic carbocycles. The Balaban J connectivity index is 3.37. The Kier molecular flexibility index (Phi) is 2.24. The van der Waals surface area contributed by atoms with Gasteiger partial charge >= 0.3 is 0 Å². The van der Waals surface area contributed by atoms with E-state index in [4.69, 9.17) is 18.0 Å². The molecule has 0 saturated carbocycles. The maximum Gasteiger partial charge on any atom is 0.135 e. The lowest BCUT2D eigenvalue weighted by molar-refractivity contribution is 0.987. The van der Waals surface area contributed by atoms with Gasteiger partial charge in [-0.25, -0.2) is 4.98 Å². The number of aromatic nitrogens is 2. The molecule has 1 aromatic rings.